The molecule has 4 rings (SSSR count). The number of rotatable bonds is 7. The van der Waals surface area contributed by atoms with E-state index in [9.17, 15) is 32.5 Å². The number of hydrogen-bond donors (Lipinski definition) is 1. The minimum Gasteiger partial charge on any atom is -0.398 e. The highest BCUT2D eigenvalue weighted by Crippen LogP contribution is 2.28. The number of nitrogens with two attached hydrogens (primary N) is 1. The van der Waals surface area contributed by atoms with Gasteiger partial charge in [0.25, 0.3) is 11.6 Å². The van der Waals surface area contributed by atoms with Crippen molar-refractivity contribution >= 4 is 44.4 Å². The van der Waals surface area contributed by atoms with Crippen molar-refractivity contribution in [3.63, 3.8) is 0 Å². The van der Waals surface area contributed by atoms with Crippen molar-refractivity contribution in [3.8, 4) is 0 Å². The van der Waals surface area contributed by atoms with E-state index < -0.39 is 26.5 Å². The van der Waals surface area contributed by atoms with Crippen LogP contribution in [0.1, 0.15) is 10.4 Å². The van der Waals surface area contributed by atoms with Crippen molar-refractivity contribution in [3.05, 3.63) is 88.2 Å². The molecule has 11 nitrogen and oxygen atoms in total. The number of carbonyl (C=O) groups excluding carboxylic acids is 2. The number of nitro benzene ring substituents is 1. The Kier molecular flexibility index (Phi) is 7.81. The van der Waals surface area contributed by atoms with Crippen molar-refractivity contribution in [2.75, 3.05) is 54.5 Å². The summed E-state index contributed by atoms with van der Waals surface area (Å²) in [7, 11) is -3.69. The summed E-state index contributed by atoms with van der Waals surface area (Å²) < 4.78 is 38.1. The molecule has 3 aromatic carbocycles. The zero-order valence-electron chi connectivity index (χ0n) is 21.0. The Bertz CT molecular complexity index is 1530. The maximum absolute atomic E-state index is 13.7. The number of carbonyl (C=O) groups is 2. The highest BCUT2D eigenvalue weighted by atomic mass is 32.2. The van der Waals surface area contributed by atoms with Gasteiger partial charge in [-0.15, -0.1) is 0 Å². The third-order valence-corrected chi connectivity index (χ3v) is 7.50. The molecular weight excluding hydrogens is 529 g/mol. The zero-order chi connectivity index (χ0) is 28.3. The fraction of sp³-hybridized carbons (Fsp3) is 0.231. The fourth-order valence-electron chi connectivity index (χ4n) is 4.35. The number of nitrogens with zero attached hydrogens (tertiary/aromatic N) is 4. The molecule has 1 aliphatic rings. The van der Waals surface area contributed by atoms with Crippen LogP contribution in [0.2, 0.25) is 0 Å². The molecule has 1 saturated heterocycles. The van der Waals surface area contributed by atoms with Gasteiger partial charge >= 0.3 is 0 Å². The Morgan fingerprint density at radius 1 is 1.03 bits per heavy atom. The van der Waals surface area contributed by atoms with E-state index in [0.29, 0.717) is 11.4 Å². The van der Waals surface area contributed by atoms with Crippen molar-refractivity contribution in [2.24, 2.45) is 0 Å². The standard InChI is InChI=1S/C26H26FN5O6S/c1-39(37,38)24-15-18(27)7-10-23(24)29-11-13-30(14-12-29)25(33)17-31(19-5-3-2-4-6-19)26(34)21-16-20(32(35)36)8-9-22(21)28/h2-10,15-16H,11-14,17,28H2,1H3. The number of benzene rings is 3. The molecule has 0 saturated carbocycles. The summed E-state index contributed by atoms with van der Waals surface area (Å²) >= 11 is 0. The number of hydrogen-bond acceptors (Lipinski definition) is 8. The number of anilines is 3. The van der Waals surface area contributed by atoms with Crippen LogP contribution in [0.3, 0.4) is 0 Å². The monoisotopic (exact) mass is 555 g/mol. The van der Waals surface area contributed by atoms with Crippen LogP contribution in [-0.4, -0.2) is 69.0 Å². The summed E-state index contributed by atoms with van der Waals surface area (Å²) in [5.41, 5.74) is 6.35. The largest absolute Gasteiger partial charge is 0.398 e. The first kappa shape index (κ1) is 27.5. The number of amides is 2. The molecule has 2 amide bonds. The van der Waals surface area contributed by atoms with Crippen LogP contribution < -0.4 is 15.5 Å². The van der Waals surface area contributed by atoms with Crippen molar-refractivity contribution in [1.29, 1.82) is 0 Å². The van der Waals surface area contributed by atoms with Gasteiger partial charge < -0.3 is 15.5 Å². The molecular formula is C26H26FN5O6S. The minimum atomic E-state index is -3.69. The smallest absolute Gasteiger partial charge is 0.270 e. The van der Waals surface area contributed by atoms with Gasteiger partial charge in [0.2, 0.25) is 5.91 Å². The van der Waals surface area contributed by atoms with Crippen molar-refractivity contribution < 1.29 is 27.3 Å². The first-order chi connectivity index (χ1) is 18.5. The van der Waals surface area contributed by atoms with E-state index in [0.717, 1.165) is 18.4 Å². The van der Waals surface area contributed by atoms with Gasteiger partial charge in [-0.25, -0.2) is 12.8 Å². The van der Waals surface area contributed by atoms with Crippen LogP contribution >= 0.6 is 0 Å². The molecule has 0 aliphatic carbocycles. The SMILES string of the molecule is CS(=O)(=O)c1cc(F)ccc1N1CCN(C(=O)CN(C(=O)c2cc([N+](=O)[O-])ccc2N)c2ccccc2)CC1. The average Bonchev–Trinajstić information content (AvgIpc) is 2.91. The average molecular weight is 556 g/mol. The lowest BCUT2D eigenvalue weighted by molar-refractivity contribution is -0.384. The summed E-state index contributed by atoms with van der Waals surface area (Å²) in [6, 6.07) is 15.5. The second-order valence-electron chi connectivity index (χ2n) is 9.01. The van der Waals surface area contributed by atoms with Gasteiger partial charge in [-0.2, -0.15) is 0 Å². The maximum atomic E-state index is 13.7. The van der Waals surface area contributed by atoms with E-state index in [1.807, 2.05) is 0 Å². The molecule has 3 aromatic rings. The van der Waals surface area contributed by atoms with E-state index in [4.69, 9.17) is 5.73 Å². The predicted octanol–water partition coefficient (Wildman–Crippen LogP) is 2.72. The van der Waals surface area contributed by atoms with Crippen LogP contribution in [0.4, 0.5) is 27.1 Å². The van der Waals surface area contributed by atoms with Gasteiger partial charge in [0, 0.05) is 55.9 Å². The van der Waals surface area contributed by atoms with E-state index in [2.05, 4.69) is 0 Å². The van der Waals surface area contributed by atoms with Crippen LogP contribution in [-0.2, 0) is 14.6 Å². The van der Waals surface area contributed by atoms with Crippen LogP contribution in [0.5, 0.6) is 0 Å². The van der Waals surface area contributed by atoms with Crippen LogP contribution in [0, 0.1) is 15.9 Å². The molecule has 1 fully saturated rings. The second-order valence-corrected chi connectivity index (χ2v) is 11.0. The lowest BCUT2D eigenvalue weighted by Crippen LogP contribution is -2.52. The number of halogens is 1. The predicted molar refractivity (Wildman–Crippen MR) is 144 cm³/mol. The maximum Gasteiger partial charge on any atom is 0.270 e. The van der Waals surface area contributed by atoms with E-state index in [1.165, 1.54) is 29.2 Å². The third-order valence-electron chi connectivity index (χ3n) is 6.38. The molecule has 0 aromatic heterocycles. The molecule has 0 bridgehead atoms. The first-order valence-electron chi connectivity index (χ1n) is 11.9. The number of piperazine rings is 1. The Hall–Kier alpha value is -4.52. The molecule has 0 unspecified atom stereocenters. The lowest BCUT2D eigenvalue weighted by Gasteiger charge is -2.37. The summed E-state index contributed by atoms with van der Waals surface area (Å²) in [5, 5.41) is 11.3. The minimum absolute atomic E-state index is 0.0357. The van der Waals surface area contributed by atoms with Crippen molar-refractivity contribution in [1.82, 2.24) is 4.90 Å². The molecule has 1 aliphatic heterocycles. The molecule has 0 spiro atoms. The second kappa shape index (κ2) is 11.1. The van der Waals surface area contributed by atoms with E-state index >= 15 is 0 Å². The molecule has 204 valence electrons. The van der Waals surface area contributed by atoms with Crippen LogP contribution in [0.25, 0.3) is 0 Å². The molecule has 1 heterocycles. The molecule has 0 radical (unpaired) electrons. The molecule has 2 N–H and O–H groups in total. The normalized spacial score (nSPS) is 13.7. The van der Waals surface area contributed by atoms with E-state index in [-0.39, 0.29) is 60.5 Å². The van der Waals surface area contributed by atoms with E-state index in [1.54, 1.807) is 40.1 Å². The van der Waals surface area contributed by atoms with Gasteiger partial charge in [0.15, 0.2) is 9.84 Å². The summed E-state index contributed by atoms with van der Waals surface area (Å²) in [6.07, 6.45) is 1.01. The van der Waals surface area contributed by atoms with Crippen LogP contribution in [0.15, 0.2) is 71.6 Å². The Morgan fingerprint density at radius 3 is 2.31 bits per heavy atom. The summed E-state index contributed by atoms with van der Waals surface area (Å²) in [6.45, 7) is 0.689. The van der Waals surface area contributed by atoms with Gasteiger partial charge in [0.1, 0.15) is 12.4 Å². The number of nitro groups is 1. The highest BCUT2D eigenvalue weighted by molar-refractivity contribution is 7.90. The quantitative estimate of drug-likeness (QED) is 0.266. The number of nitrogen functional groups attached to an aromatic ring is 1. The summed E-state index contributed by atoms with van der Waals surface area (Å²) in [5.74, 6) is -1.71. The first-order valence-corrected chi connectivity index (χ1v) is 13.8. The number of non-ortho nitro benzene ring substituents is 1. The van der Waals surface area contributed by atoms with Gasteiger partial charge in [-0.05, 0) is 36.4 Å². The topological polar surface area (TPSA) is 147 Å². The lowest BCUT2D eigenvalue weighted by atomic mass is 10.1. The highest BCUT2D eigenvalue weighted by Gasteiger charge is 2.29. The van der Waals surface area contributed by atoms with Gasteiger partial charge in [-0.1, -0.05) is 18.2 Å². The third kappa shape index (κ3) is 6.14. The van der Waals surface area contributed by atoms with Gasteiger partial charge in [0.05, 0.1) is 21.1 Å². The fourth-order valence-corrected chi connectivity index (χ4v) is 5.26. The van der Waals surface area contributed by atoms with Gasteiger partial charge in [-0.3, -0.25) is 24.6 Å². The van der Waals surface area contributed by atoms with Crippen molar-refractivity contribution in [2.45, 2.75) is 4.90 Å². The Morgan fingerprint density at radius 2 is 1.69 bits per heavy atom. The zero-order valence-corrected chi connectivity index (χ0v) is 21.8. The summed E-state index contributed by atoms with van der Waals surface area (Å²) in [4.78, 5) is 41.8. The molecule has 39 heavy (non-hydrogen) atoms. The molecule has 0 atom stereocenters. The molecule has 13 heteroatoms. The number of sulfone groups is 1. The Balaban J connectivity index is 1.54. The Labute approximate surface area is 224 Å². The number of para-hydroxylation sites is 1.